The van der Waals surface area contributed by atoms with Crippen molar-refractivity contribution >= 4 is 57.6 Å². The Labute approximate surface area is 187 Å². The Bertz CT molecular complexity index is 1220. The molecule has 1 N–H and O–H groups in total. The molecular formula is C21H18Cl2N4O2S. The summed E-state index contributed by atoms with van der Waals surface area (Å²) in [6.45, 7) is 4.67. The quantitative estimate of drug-likeness (QED) is 0.293. The van der Waals surface area contributed by atoms with Gasteiger partial charge in [-0.15, -0.1) is 0 Å². The average Bonchev–Trinajstić information content (AvgIpc) is 3.32. The van der Waals surface area contributed by atoms with Gasteiger partial charge >= 0.3 is 0 Å². The predicted molar refractivity (Wildman–Crippen MR) is 121 cm³/mol. The van der Waals surface area contributed by atoms with E-state index in [-0.39, 0.29) is 11.7 Å². The number of hydrogen-bond donors (Lipinski definition) is 1. The Morgan fingerprint density at radius 2 is 2.03 bits per heavy atom. The summed E-state index contributed by atoms with van der Waals surface area (Å²) in [7, 11) is 0. The number of aromatic nitrogens is 3. The number of anilines is 1. The van der Waals surface area contributed by atoms with Gasteiger partial charge in [0.05, 0.1) is 34.0 Å². The second-order valence-electron chi connectivity index (χ2n) is 6.72. The number of furan rings is 1. The monoisotopic (exact) mass is 460 g/mol. The first-order chi connectivity index (χ1) is 14.4. The molecule has 3 aromatic heterocycles. The number of halogens is 2. The number of aryl methyl sites for hydroxylation is 1. The maximum atomic E-state index is 12.4. The van der Waals surface area contributed by atoms with Crippen LogP contribution in [0.15, 0.2) is 52.4 Å². The molecule has 0 saturated heterocycles. The lowest BCUT2D eigenvalue weighted by Crippen LogP contribution is -2.14. The molecule has 0 spiro atoms. The number of hydrogen-bond acceptors (Lipinski definition) is 5. The van der Waals surface area contributed by atoms with Crippen molar-refractivity contribution in [3.05, 3.63) is 70.0 Å². The van der Waals surface area contributed by atoms with E-state index in [0.717, 1.165) is 33.1 Å². The van der Waals surface area contributed by atoms with Crippen LogP contribution in [0, 0.1) is 13.8 Å². The van der Waals surface area contributed by atoms with Gasteiger partial charge in [0.15, 0.2) is 0 Å². The lowest BCUT2D eigenvalue weighted by molar-refractivity contribution is -0.113. The summed E-state index contributed by atoms with van der Waals surface area (Å²) >= 11 is 13.3. The lowest BCUT2D eigenvalue weighted by Gasteiger charge is -2.07. The molecule has 0 atom stereocenters. The molecule has 30 heavy (non-hydrogen) atoms. The second-order valence-corrected chi connectivity index (χ2v) is 8.50. The molecule has 4 rings (SSSR count). The number of benzene rings is 1. The molecule has 3 heterocycles. The van der Waals surface area contributed by atoms with Crippen molar-refractivity contribution in [3.8, 4) is 0 Å². The average molecular weight is 461 g/mol. The SMILES string of the molecule is Cc1c(C)n(Cc2ccco2)c2ncnc(SCC(=O)Nc3ccc(Cl)c(Cl)c3)c12. The highest BCUT2D eigenvalue weighted by Gasteiger charge is 2.18. The molecule has 4 aromatic rings. The van der Waals surface area contributed by atoms with Gasteiger partial charge in [-0.25, -0.2) is 9.97 Å². The molecule has 0 aliphatic rings. The third kappa shape index (κ3) is 4.19. The van der Waals surface area contributed by atoms with Crippen molar-refractivity contribution < 1.29 is 9.21 Å². The molecule has 9 heteroatoms. The summed E-state index contributed by atoms with van der Waals surface area (Å²) in [6, 6.07) is 8.78. The molecule has 0 unspecified atom stereocenters. The molecule has 0 fully saturated rings. The molecule has 154 valence electrons. The minimum absolute atomic E-state index is 0.158. The van der Waals surface area contributed by atoms with Crippen molar-refractivity contribution in [1.29, 1.82) is 0 Å². The summed E-state index contributed by atoms with van der Waals surface area (Å²) in [5, 5.41) is 5.38. The first-order valence-corrected chi connectivity index (χ1v) is 10.9. The standard InChI is InChI=1S/C21H18Cl2N4O2S/c1-12-13(2)27(9-15-4-3-7-29-15)20-19(12)21(25-11-24-20)30-10-18(28)26-14-5-6-16(22)17(23)8-14/h3-8,11H,9-10H2,1-2H3,(H,26,28). The van der Waals surface area contributed by atoms with Crippen LogP contribution < -0.4 is 5.32 Å². The van der Waals surface area contributed by atoms with Gasteiger partial charge in [-0.05, 0) is 49.7 Å². The van der Waals surface area contributed by atoms with Crippen LogP contribution in [0.5, 0.6) is 0 Å². The number of fused-ring (bicyclic) bond motifs is 1. The van der Waals surface area contributed by atoms with Crippen LogP contribution in [0.1, 0.15) is 17.0 Å². The van der Waals surface area contributed by atoms with Gasteiger partial charge in [-0.3, -0.25) is 4.79 Å². The first-order valence-electron chi connectivity index (χ1n) is 9.14. The van der Waals surface area contributed by atoms with Crippen LogP contribution in [-0.2, 0) is 11.3 Å². The topological polar surface area (TPSA) is 73.0 Å². The molecule has 0 bridgehead atoms. The molecule has 0 aliphatic carbocycles. The van der Waals surface area contributed by atoms with Crippen molar-refractivity contribution in [2.24, 2.45) is 0 Å². The normalized spacial score (nSPS) is 11.2. The van der Waals surface area contributed by atoms with Crippen LogP contribution in [-0.4, -0.2) is 26.2 Å². The van der Waals surface area contributed by atoms with E-state index in [9.17, 15) is 4.79 Å². The van der Waals surface area contributed by atoms with Crippen molar-refractivity contribution in [3.63, 3.8) is 0 Å². The molecule has 0 radical (unpaired) electrons. The van der Waals surface area contributed by atoms with Gasteiger partial charge < -0.3 is 14.3 Å². The Kier molecular flexibility index (Phi) is 6.04. The predicted octanol–water partition coefficient (Wildman–Crippen LogP) is 5.73. The highest BCUT2D eigenvalue weighted by atomic mass is 35.5. The summed E-state index contributed by atoms with van der Waals surface area (Å²) in [6.07, 6.45) is 3.19. The minimum Gasteiger partial charge on any atom is -0.467 e. The van der Waals surface area contributed by atoms with Crippen LogP contribution in [0.3, 0.4) is 0 Å². The van der Waals surface area contributed by atoms with E-state index >= 15 is 0 Å². The van der Waals surface area contributed by atoms with Crippen molar-refractivity contribution in [2.75, 3.05) is 11.1 Å². The summed E-state index contributed by atoms with van der Waals surface area (Å²) in [5.41, 5.74) is 3.59. The molecule has 6 nitrogen and oxygen atoms in total. The molecule has 0 saturated carbocycles. The van der Waals surface area contributed by atoms with E-state index in [1.807, 2.05) is 26.0 Å². The summed E-state index contributed by atoms with van der Waals surface area (Å²) in [4.78, 5) is 21.3. The molecular weight excluding hydrogens is 443 g/mol. The fourth-order valence-corrected chi connectivity index (χ4v) is 4.35. The van der Waals surface area contributed by atoms with Gasteiger partial charge in [0.1, 0.15) is 22.8 Å². The van der Waals surface area contributed by atoms with E-state index in [1.54, 1.807) is 24.5 Å². The number of nitrogens with zero attached hydrogens (tertiary/aromatic N) is 3. The number of rotatable bonds is 6. The van der Waals surface area contributed by atoms with E-state index in [2.05, 4.69) is 19.9 Å². The van der Waals surface area contributed by atoms with Crippen molar-refractivity contribution in [1.82, 2.24) is 14.5 Å². The smallest absolute Gasteiger partial charge is 0.234 e. The Hall–Kier alpha value is -2.48. The number of nitrogens with one attached hydrogen (secondary N) is 1. The Morgan fingerprint density at radius 1 is 1.20 bits per heavy atom. The van der Waals surface area contributed by atoms with Crippen LogP contribution in [0.2, 0.25) is 10.0 Å². The minimum atomic E-state index is -0.158. The Balaban J connectivity index is 1.54. The second kappa shape index (κ2) is 8.71. The largest absolute Gasteiger partial charge is 0.467 e. The fraction of sp³-hybridized carbons (Fsp3) is 0.190. The van der Waals surface area contributed by atoms with Crippen molar-refractivity contribution in [2.45, 2.75) is 25.4 Å². The zero-order chi connectivity index (χ0) is 21.3. The lowest BCUT2D eigenvalue weighted by atomic mass is 10.2. The maximum Gasteiger partial charge on any atom is 0.234 e. The highest BCUT2D eigenvalue weighted by molar-refractivity contribution is 8.00. The molecule has 1 amide bonds. The summed E-state index contributed by atoms with van der Waals surface area (Å²) < 4.78 is 7.59. The van der Waals surface area contributed by atoms with Crippen LogP contribution >= 0.6 is 35.0 Å². The maximum absolute atomic E-state index is 12.4. The van der Waals surface area contributed by atoms with E-state index in [4.69, 9.17) is 27.6 Å². The number of carbonyl (C=O) groups is 1. The number of thioether (sulfide) groups is 1. The fourth-order valence-electron chi connectivity index (χ4n) is 3.20. The van der Waals surface area contributed by atoms with E-state index in [0.29, 0.717) is 22.3 Å². The van der Waals surface area contributed by atoms with E-state index in [1.165, 1.54) is 18.1 Å². The summed E-state index contributed by atoms with van der Waals surface area (Å²) in [5.74, 6) is 0.896. The van der Waals surface area contributed by atoms with Gasteiger partial charge in [0, 0.05) is 11.4 Å². The van der Waals surface area contributed by atoms with Gasteiger partial charge in [0.2, 0.25) is 5.91 Å². The van der Waals surface area contributed by atoms with Gasteiger partial charge in [-0.1, -0.05) is 35.0 Å². The first kappa shape index (κ1) is 20.8. The highest BCUT2D eigenvalue weighted by Crippen LogP contribution is 2.32. The number of carbonyl (C=O) groups excluding carboxylic acids is 1. The van der Waals surface area contributed by atoms with Gasteiger partial charge in [0.25, 0.3) is 0 Å². The van der Waals surface area contributed by atoms with E-state index < -0.39 is 0 Å². The van der Waals surface area contributed by atoms with Gasteiger partial charge in [-0.2, -0.15) is 0 Å². The zero-order valence-electron chi connectivity index (χ0n) is 16.3. The zero-order valence-corrected chi connectivity index (χ0v) is 18.6. The third-order valence-corrected chi connectivity index (χ3v) is 6.54. The molecule has 0 aliphatic heterocycles. The number of amides is 1. The Morgan fingerprint density at radius 3 is 2.77 bits per heavy atom. The van der Waals surface area contributed by atoms with Crippen LogP contribution in [0.4, 0.5) is 5.69 Å². The van der Waals surface area contributed by atoms with Crippen LogP contribution in [0.25, 0.3) is 11.0 Å². The third-order valence-electron chi connectivity index (χ3n) is 4.81. The molecule has 1 aromatic carbocycles.